The van der Waals surface area contributed by atoms with Crippen molar-refractivity contribution in [1.29, 1.82) is 0 Å². The molecule has 7 rings (SSSR count). The van der Waals surface area contributed by atoms with Crippen LogP contribution < -0.4 is 0 Å². The highest BCUT2D eigenvalue weighted by Crippen LogP contribution is 2.40. The Balaban J connectivity index is 1.80. The lowest BCUT2D eigenvalue weighted by Crippen LogP contribution is -1.86. The minimum absolute atomic E-state index is 0.926. The van der Waals surface area contributed by atoms with Crippen molar-refractivity contribution in [2.24, 2.45) is 0 Å². The van der Waals surface area contributed by atoms with E-state index in [4.69, 9.17) is 9.40 Å². The molecular weight excluding hydrogens is 354 g/mol. The van der Waals surface area contributed by atoms with E-state index < -0.39 is 0 Å². The van der Waals surface area contributed by atoms with E-state index in [1.54, 1.807) is 0 Å². The van der Waals surface area contributed by atoms with Crippen LogP contribution in [-0.2, 0) is 0 Å². The van der Waals surface area contributed by atoms with E-state index in [2.05, 4.69) is 66.7 Å². The zero-order chi connectivity index (χ0) is 18.9. The fraction of sp³-hybridized carbons (Fsp3) is 0. The lowest BCUT2D eigenvalue weighted by Gasteiger charge is -2.11. The Hall–Kier alpha value is -3.91. The van der Waals surface area contributed by atoms with Gasteiger partial charge in [0.15, 0.2) is 0 Å². The maximum atomic E-state index is 6.19. The van der Waals surface area contributed by atoms with Gasteiger partial charge in [-0.1, -0.05) is 48.5 Å². The Morgan fingerprint density at radius 1 is 0.483 bits per heavy atom. The van der Waals surface area contributed by atoms with Gasteiger partial charge >= 0.3 is 0 Å². The monoisotopic (exact) mass is 369 g/mol. The summed E-state index contributed by atoms with van der Waals surface area (Å²) in [6, 6.07) is 30.0. The molecule has 29 heavy (non-hydrogen) atoms. The molecule has 7 aromatic rings. The predicted octanol–water partition coefficient (Wildman–Crippen LogP) is 7.59. The second-order valence-electron chi connectivity index (χ2n) is 7.64. The molecule has 0 aliphatic carbocycles. The van der Waals surface area contributed by atoms with Crippen LogP contribution >= 0.6 is 0 Å². The van der Waals surface area contributed by atoms with Crippen LogP contribution in [0.1, 0.15) is 0 Å². The standard InChI is InChI=1S/C27H15NO/c1-2-7-17-13-24-20(12-16(17)6-1)22-15-26-23(18-8-3-4-10-25(18)29-26)14-21(22)19-9-5-11-28-27(19)24/h1-15H. The van der Waals surface area contributed by atoms with Crippen molar-refractivity contribution in [2.75, 3.05) is 0 Å². The van der Waals surface area contributed by atoms with Crippen LogP contribution in [0.25, 0.3) is 65.2 Å². The fourth-order valence-electron chi connectivity index (χ4n) is 4.71. The van der Waals surface area contributed by atoms with Crippen LogP contribution in [0.2, 0.25) is 0 Å². The first kappa shape index (κ1) is 15.1. The Kier molecular flexibility index (Phi) is 2.77. The topological polar surface area (TPSA) is 26.0 Å². The van der Waals surface area contributed by atoms with Crippen molar-refractivity contribution < 1.29 is 4.42 Å². The summed E-state index contributed by atoms with van der Waals surface area (Å²) in [6.07, 6.45) is 1.88. The first-order chi connectivity index (χ1) is 14.4. The molecule has 0 unspecified atom stereocenters. The van der Waals surface area contributed by atoms with Gasteiger partial charge in [0.05, 0.1) is 5.52 Å². The number of rotatable bonds is 0. The van der Waals surface area contributed by atoms with E-state index in [-0.39, 0.29) is 0 Å². The summed E-state index contributed by atoms with van der Waals surface area (Å²) in [6.45, 7) is 0. The highest BCUT2D eigenvalue weighted by Gasteiger charge is 2.14. The summed E-state index contributed by atoms with van der Waals surface area (Å²) in [4.78, 5) is 4.77. The number of aromatic nitrogens is 1. The van der Waals surface area contributed by atoms with Gasteiger partial charge in [-0.05, 0) is 63.3 Å². The third-order valence-corrected chi connectivity index (χ3v) is 6.05. The largest absolute Gasteiger partial charge is 0.456 e. The quantitative estimate of drug-likeness (QED) is 0.203. The predicted molar refractivity (Wildman–Crippen MR) is 122 cm³/mol. The third-order valence-electron chi connectivity index (χ3n) is 6.05. The van der Waals surface area contributed by atoms with Crippen LogP contribution in [0.5, 0.6) is 0 Å². The minimum atomic E-state index is 0.926. The normalized spacial score (nSPS) is 12.1. The molecule has 0 fully saturated rings. The van der Waals surface area contributed by atoms with Crippen molar-refractivity contribution in [3.8, 4) is 0 Å². The van der Waals surface area contributed by atoms with E-state index in [9.17, 15) is 0 Å². The van der Waals surface area contributed by atoms with Gasteiger partial charge in [-0.15, -0.1) is 0 Å². The number of hydrogen-bond acceptors (Lipinski definition) is 2. The molecule has 0 bridgehead atoms. The molecule has 2 aromatic heterocycles. The summed E-state index contributed by atoms with van der Waals surface area (Å²) in [7, 11) is 0. The van der Waals surface area contributed by atoms with Gasteiger partial charge in [-0.2, -0.15) is 0 Å². The smallest absolute Gasteiger partial charge is 0.136 e. The zero-order valence-corrected chi connectivity index (χ0v) is 15.5. The van der Waals surface area contributed by atoms with Gasteiger partial charge < -0.3 is 4.42 Å². The molecule has 0 radical (unpaired) electrons. The van der Waals surface area contributed by atoms with Crippen molar-refractivity contribution >= 4 is 65.2 Å². The number of pyridine rings is 1. The lowest BCUT2D eigenvalue weighted by molar-refractivity contribution is 0.669. The zero-order valence-electron chi connectivity index (χ0n) is 15.5. The molecule has 0 amide bonds. The molecule has 0 saturated carbocycles. The number of hydrogen-bond donors (Lipinski definition) is 0. The number of benzene rings is 5. The Morgan fingerprint density at radius 2 is 1.17 bits per heavy atom. The number of furan rings is 1. The summed E-state index contributed by atoms with van der Waals surface area (Å²) >= 11 is 0. The fourth-order valence-corrected chi connectivity index (χ4v) is 4.71. The maximum Gasteiger partial charge on any atom is 0.136 e. The molecule has 0 atom stereocenters. The first-order valence-corrected chi connectivity index (χ1v) is 9.81. The third kappa shape index (κ3) is 1.98. The van der Waals surface area contributed by atoms with Crippen molar-refractivity contribution in [1.82, 2.24) is 4.98 Å². The van der Waals surface area contributed by atoms with E-state index in [1.807, 2.05) is 24.4 Å². The van der Waals surface area contributed by atoms with Crippen LogP contribution in [0.15, 0.2) is 95.5 Å². The van der Waals surface area contributed by atoms with E-state index in [0.717, 1.165) is 27.5 Å². The molecule has 5 aromatic carbocycles. The second kappa shape index (κ2) is 5.33. The lowest BCUT2D eigenvalue weighted by atomic mass is 9.93. The minimum Gasteiger partial charge on any atom is -0.456 e. The Labute approximate surface area is 166 Å². The van der Waals surface area contributed by atoms with Crippen LogP contribution in [0.4, 0.5) is 0 Å². The molecule has 0 aliphatic heterocycles. The van der Waals surface area contributed by atoms with Crippen molar-refractivity contribution in [3.63, 3.8) is 0 Å². The Morgan fingerprint density at radius 3 is 2.07 bits per heavy atom. The molecule has 0 saturated heterocycles. The Bertz CT molecular complexity index is 1760. The van der Waals surface area contributed by atoms with Crippen LogP contribution in [0, 0.1) is 0 Å². The molecule has 0 N–H and O–H groups in total. The van der Waals surface area contributed by atoms with Crippen molar-refractivity contribution in [3.05, 3.63) is 91.1 Å². The van der Waals surface area contributed by atoms with Gasteiger partial charge in [0.25, 0.3) is 0 Å². The van der Waals surface area contributed by atoms with Gasteiger partial charge in [-0.3, -0.25) is 4.98 Å². The average Bonchev–Trinajstić information content (AvgIpc) is 3.15. The van der Waals surface area contributed by atoms with Gasteiger partial charge in [-0.25, -0.2) is 0 Å². The second-order valence-corrected chi connectivity index (χ2v) is 7.64. The van der Waals surface area contributed by atoms with Crippen LogP contribution in [-0.4, -0.2) is 4.98 Å². The molecule has 2 nitrogen and oxygen atoms in total. The van der Waals surface area contributed by atoms with E-state index >= 15 is 0 Å². The number of nitrogens with zero attached hydrogens (tertiary/aromatic N) is 1. The SMILES string of the molecule is c1ccc2cc3c(cc2c1)c1cc2oc4ccccc4c2cc1c1cccnc13. The molecule has 134 valence electrons. The molecule has 0 aliphatic rings. The molecule has 0 spiro atoms. The summed E-state index contributed by atoms with van der Waals surface area (Å²) in [5, 5.41) is 10.8. The first-order valence-electron chi connectivity index (χ1n) is 9.81. The highest BCUT2D eigenvalue weighted by atomic mass is 16.3. The number of para-hydroxylation sites is 1. The summed E-state index contributed by atoms with van der Waals surface area (Å²) in [5.74, 6) is 0. The highest BCUT2D eigenvalue weighted by molar-refractivity contribution is 6.28. The molecule has 2 heterocycles. The molecule has 2 heteroatoms. The van der Waals surface area contributed by atoms with E-state index in [1.165, 1.54) is 37.7 Å². The summed E-state index contributed by atoms with van der Waals surface area (Å²) in [5.41, 5.74) is 2.90. The summed E-state index contributed by atoms with van der Waals surface area (Å²) < 4.78 is 6.19. The van der Waals surface area contributed by atoms with Gasteiger partial charge in [0.2, 0.25) is 0 Å². The number of fused-ring (bicyclic) bond motifs is 10. The van der Waals surface area contributed by atoms with Crippen LogP contribution in [0.3, 0.4) is 0 Å². The van der Waals surface area contributed by atoms with Crippen molar-refractivity contribution in [2.45, 2.75) is 0 Å². The molecular formula is C27H15NO. The van der Waals surface area contributed by atoms with E-state index in [0.29, 0.717) is 0 Å². The average molecular weight is 369 g/mol. The van der Waals surface area contributed by atoms with Gasteiger partial charge in [0.1, 0.15) is 11.2 Å². The van der Waals surface area contributed by atoms with Gasteiger partial charge in [0, 0.05) is 27.7 Å². The maximum absolute atomic E-state index is 6.19.